The van der Waals surface area contributed by atoms with Crippen LogP contribution in [0.2, 0.25) is 5.02 Å². The number of aromatic amines is 1. The Morgan fingerprint density at radius 3 is 2.68 bits per heavy atom. The number of hydroxylamine groups is 2. The number of nitrogens with one attached hydrogen (secondary N) is 2. The van der Waals surface area contributed by atoms with E-state index in [-0.39, 0.29) is 17.6 Å². The third-order valence-corrected chi connectivity index (χ3v) is 4.53. The van der Waals surface area contributed by atoms with Gasteiger partial charge in [-0.25, -0.2) is 4.84 Å². The Hall–Kier alpha value is -2.87. The highest BCUT2D eigenvalue weighted by Crippen LogP contribution is 2.20. The van der Waals surface area contributed by atoms with Gasteiger partial charge >= 0.3 is 0 Å². The van der Waals surface area contributed by atoms with Gasteiger partial charge in [-0.2, -0.15) is 0 Å². The molecule has 0 aliphatic heterocycles. The van der Waals surface area contributed by atoms with Gasteiger partial charge in [-0.3, -0.25) is 14.8 Å². The minimum Gasteiger partial charge on any atom is -0.351 e. The maximum absolute atomic E-state index is 12.7. The first-order chi connectivity index (χ1) is 13.5. The molecule has 7 nitrogen and oxygen atoms in total. The van der Waals surface area contributed by atoms with Gasteiger partial charge in [0.15, 0.2) is 0 Å². The Morgan fingerprint density at radius 1 is 1.21 bits per heavy atom. The molecule has 2 amide bonds. The number of fused-ring (bicyclic) bond motifs is 1. The van der Waals surface area contributed by atoms with Crippen molar-refractivity contribution in [3.8, 4) is 0 Å². The molecule has 0 aliphatic carbocycles. The molecule has 0 aliphatic rings. The molecule has 1 atom stereocenters. The summed E-state index contributed by atoms with van der Waals surface area (Å²) in [6.45, 7) is 0. The van der Waals surface area contributed by atoms with E-state index in [0.29, 0.717) is 17.1 Å². The number of H-pyrrole nitrogens is 1. The smallest absolute Gasteiger partial charge is 0.275 e. The molecule has 1 heterocycles. The van der Waals surface area contributed by atoms with E-state index in [1.165, 1.54) is 7.11 Å². The minimum absolute atomic E-state index is 0.128. The first kappa shape index (κ1) is 19.9. The van der Waals surface area contributed by atoms with Crippen molar-refractivity contribution in [2.45, 2.75) is 18.9 Å². The number of carbonyl (C=O) groups is 2. The maximum atomic E-state index is 12.7. The number of amides is 2. The van der Waals surface area contributed by atoms with Crippen molar-refractivity contribution in [3.05, 3.63) is 70.9 Å². The van der Waals surface area contributed by atoms with Gasteiger partial charge in [0.05, 0.1) is 13.5 Å². The molecule has 3 N–H and O–H groups in total. The fourth-order valence-corrected chi connectivity index (χ4v) is 3.13. The first-order valence-electron chi connectivity index (χ1n) is 8.65. The molecule has 28 heavy (non-hydrogen) atoms. The van der Waals surface area contributed by atoms with Gasteiger partial charge in [-0.05, 0) is 36.2 Å². The molecule has 8 heteroatoms. The molecule has 1 aromatic heterocycles. The topological polar surface area (TPSA) is 94.7 Å². The Kier molecular flexibility index (Phi) is 6.30. The van der Waals surface area contributed by atoms with E-state index in [0.717, 1.165) is 16.5 Å². The van der Waals surface area contributed by atoms with E-state index in [1.54, 1.807) is 24.3 Å². The van der Waals surface area contributed by atoms with Crippen LogP contribution in [-0.4, -0.2) is 40.4 Å². The van der Waals surface area contributed by atoms with Crippen molar-refractivity contribution in [2.24, 2.45) is 0 Å². The van der Waals surface area contributed by atoms with Crippen LogP contribution in [0.1, 0.15) is 22.5 Å². The number of hydrogen-bond acceptors (Lipinski definition) is 4. The molecule has 0 fully saturated rings. The molecule has 3 rings (SSSR count). The quantitative estimate of drug-likeness (QED) is 0.418. The lowest BCUT2D eigenvalue weighted by Crippen LogP contribution is -2.41. The predicted molar refractivity (Wildman–Crippen MR) is 105 cm³/mol. The van der Waals surface area contributed by atoms with Crippen molar-refractivity contribution in [1.82, 2.24) is 15.5 Å². The van der Waals surface area contributed by atoms with Gasteiger partial charge in [0.2, 0.25) is 0 Å². The summed E-state index contributed by atoms with van der Waals surface area (Å²) in [5.41, 5.74) is 2.09. The molecule has 0 unspecified atom stereocenters. The van der Waals surface area contributed by atoms with E-state index in [9.17, 15) is 14.8 Å². The van der Waals surface area contributed by atoms with Crippen LogP contribution in [0.15, 0.2) is 54.6 Å². The predicted octanol–water partition coefficient (Wildman–Crippen LogP) is 3.33. The van der Waals surface area contributed by atoms with Gasteiger partial charge in [-0.15, -0.1) is 0 Å². The Morgan fingerprint density at radius 2 is 1.96 bits per heavy atom. The summed E-state index contributed by atoms with van der Waals surface area (Å²) in [5, 5.41) is 13.8. The van der Waals surface area contributed by atoms with Crippen molar-refractivity contribution < 1.29 is 19.6 Å². The molecule has 3 aromatic rings. The van der Waals surface area contributed by atoms with E-state index in [2.05, 4.69) is 15.1 Å². The number of halogens is 1. The van der Waals surface area contributed by atoms with Crippen LogP contribution in [-0.2, 0) is 16.1 Å². The molecule has 0 radical (unpaired) electrons. The molecule has 0 bridgehead atoms. The second-order valence-electron chi connectivity index (χ2n) is 6.33. The normalized spacial score (nSPS) is 12.0. The van der Waals surface area contributed by atoms with Gasteiger partial charge in [0, 0.05) is 22.0 Å². The standard InChI is InChI=1S/C20H20ClN3O4/c1-28-24(27)19(25)12-16(9-13-5-3-2-4-6-13)22-20(26)18-11-14-10-15(21)7-8-17(14)23-18/h2-8,10-11,16,23,27H,9,12H2,1H3,(H,22,26)/t16-/m1/s1. The molecule has 0 saturated heterocycles. The minimum atomic E-state index is -0.660. The summed E-state index contributed by atoms with van der Waals surface area (Å²) in [4.78, 5) is 32.3. The van der Waals surface area contributed by atoms with Gasteiger partial charge in [0.1, 0.15) is 5.69 Å². The molecule has 0 spiro atoms. The number of rotatable bonds is 7. The van der Waals surface area contributed by atoms with Crippen LogP contribution >= 0.6 is 11.6 Å². The van der Waals surface area contributed by atoms with Crippen molar-refractivity contribution >= 4 is 34.3 Å². The zero-order chi connectivity index (χ0) is 20.1. The van der Waals surface area contributed by atoms with E-state index in [1.807, 2.05) is 30.3 Å². The Balaban J connectivity index is 1.78. The van der Waals surface area contributed by atoms with Crippen LogP contribution in [0.25, 0.3) is 10.9 Å². The zero-order valence-corrected chi connectivity index (χ0v) is 15.9. The van der Waals surface area contributed by atoms with Gasteiger partial charge in [-0.1, -0.05) is 47.2 Å². The molecule has 2 aromatic carbocycles. The SMILES string of the molecule is CON(O)C(=O)C[C@@H](Cc1ccccc1)NC(=O)c1cc2cc(Cl)ccc2[nH]1. The number of aromatic nitrogens is 1. The van der Waals surface area contributed by atoms with E-state index < -0.39 is 11.9 Å². The van der Waals surface area contributed by atoms with Crippen LogP contribution < -0.4 is 5.32 Å². The van der Waals surface area contributed by atoms with Crippen molar-refractivity contribution in [3.63, 3.8) is 0 Å². The second kappa shape index (κ2) is 8.88. The lowest BCUT2D eigenvalue weighted by molar-refractivity contribution is -0.302. The molecule has 0 saturated carbocycles. The molecular formula is C20H20ClN3O4. The number of carbonyl (C=O) groups excluding carboxylic acids is 2. The summed E-state index contributed by atoms with van der Waals surface area (Å²) in [7, 11) is 1.18. The van der Waals surface area contributed by atoms with E-state index >= 15 is 0 Å². The van der Waals surface area contributed by atoms with Crippen LogP contribution in [0.4, 0.5) is 0 Å². The van der Waals surface area contributed by atoms with Crippen molar-refractivity contribution in [1.29, 1.82) is 0 Å². The average molecular weight is 402 g/mol. The number of hydrogen-bond donors (Lipinski definition) is 3. The molecule has 146 valence electrons. The fraction of sp³-hybridized carbons (Fsp3) is 0.200. The van der Waals surface area contributed by atoms with Crippen LogP contribution in [0.3, 0.4) is 0 Å². The Labute approximate surface area is 166 Å². The third kappa shape index (κ3) is 4.89. The summed E-state index contributed by atoms with van der Waals surface area (Å²) in [6.07, 6.45) is 0.291. The monoisotopic (exact) mass is 401 g/mol. The van der Waals surface area contributed by atoms with Crippen LogP contribution in [0.5, 0.6) is 0 Å². The fourth-order valence-electron chi connectivity index (χ4n) is 2.95. The van der Waals surface area contributed by atoms with Gasteiger partial charge < -0.3 is 10.3 Å². The zero-order valence-electron chi connectivity index (χ0n) is 15.2. The lowest BCUT2D eigenvalue weighted by Gasteiger charge is -2.20. The van der Waals surface area contributed by atoms with E-state index in [4.69, 9.17) is 11.6 Å². The summed E-state index contributed by atoms with van der Waals surface area (Å²) >= 11 is 5.99. The second-order valence-corrected chi connectivity index (χ2v) is 6.76. The highest BCUT2D eigenvalue weighted by molar-refractivity contribution is 6.31. The highest BCUT2D eigenvalue weighted by Gasteiger charge is 2.22. The Bertz CT molecular complexity index is 974. The lowest BCUT2D eigenvalue weighted by atomic mass is 10.0. The van der Waals surface area contributed by atoms with Gasteiger partial charge in [0.25, 0.3) is 11.8 Å². The highest BCUT2D eigenvalue weighted by atomic mass is 35.5. The third-order valence-electron chi connectivity index (χ3n) is 4.29. The first-order valence-corrected chi connectivity index (χ1v) is 9.03. The average Bonchev–Trinajstić information content (AvgIpc) is 3.11. The largest absolute Gasteiger partial charge is 0.351 e. The van der Waals surface area contributed by atoms with Crippen molar-refractivity contribution in [2.75, 3.05) is 7.11 Å². The van der Waals surface area contributed by atoms with Crippen LogP contribution in [0, 0.1) is 0 Å². The number of benzene rings is 2. The summed E-state index contributed by atoms with van der Waals surface area (Å²) in [6, 6.07) is 15.9. The number of nitrogens with zero attached hydrogens (tertiary/aromatic N) is 1. The summed E-state index contributed by atoms with van der Waals surface area (Å²) in [5.74, 6) is -1.02. The molecular weight excluding hydrogens is 382 g/mol. The maximum Gasteiger partial charge on any atom is 0.275 e. The summed E-state index contributed by atoms with van der Waals surface area (Å²) < 4.78 is 0.